The summed E-state index contributed by atoms with van der Waals surface area (Å²) in [6, 6.07) is 19.0. The average molecular weight is 462 g/mol. The van der Waals surface area contributed by atoms with Crippen LogP contribution in [0.5, 0.6) is 5.75 Å². The van der Waals surface area contributed by atoms with E-state index in [4.69, 9.17) is 4.74 Å². The summed E-state index contributed by atoms with van der Waals surface area (Å²) in [4.78, 5) is 34.3. The number of hydrogen-bond acceptors (Lipinski definition) is 5. The van der Waals surface area contributed by atoms with Crippen molar-refractivity contribution in [1.82, 2.24) is 14.5 Å². The van der Waals surface area contributed by atoms with Crippen LogP contribution in [0.4, 0.5) is 0 Å². The second-order valence-electron chi connectivity index (χ2n) is 8.07. The first kappa shape index (κ1) is 22.7. The van der Waals surface area contributed by atoms with Crippen molar-refractivity contribution < 1.29 is 9.53 Å². The van der Waals surface area contributed by atoms with Gasteiger partial charge in [-0.2, -0.15) is 0 Å². The first-order chi connectivity index (χ1) is 16.0. The molecule has 4 aromatic rings. The second kappa shape index (κ2) is 10.0. The summed E-state index contributed by atoms with van der Waals surface area (Å²) < 4.78 is 6.73. The molecule has 0 bridgehead atoms. The van der Waals surface area contributed by atoms with E-state index in [-0.39, 0.29) is 24.1 Å². The Morgan fingerprint density at radius 1 is 1.12 bits per heavy atom. The smallest absolute Gasteiger partial charge is 0.261 e. The fourth-order valence-corrected chi connectivity index (χ4v) is 4.77. The van der Waals surface area contributed by atoms with E-state index in [1.165, 1.54) is 9.44 Å². The number of para-hydroxylation sites is 1. The summed E-state index contributed by atoms with van der Waals surface area (Å²) in [5, 5.41) is 2.56. The van der Waals surface area contributed by atoms with Crippen molar-refractivity contribution in [3.8, 4) is 5.75 Å². The van der Waals surface area contributed by atoms with E-state index in [0.29, 0.717) is 23.3 Å². The monoisotopic (exact) mass is 461 g/mol. The van der Waals surface area contributed by atoms with Gasteiger partial charge in [0.15, 0.2) is 0 Å². The first-order valence-corrected chi connectivity index (χ1v) is 11.7. The number of benzene rings is 2. The van der Waals surface area contributed by atoms with Gasteiger partial charge in [-0.1, -0.05) is 30.3 Å². The lowest BCUT2D eigenvalue weighted by molar-refractivity contribution is -0.134. The van der Waals surface area contributed by atoms with Crippen molar-refractivity contribution in [2.45, 2.75) is 39.4 Å². The van der Waals surface area contributed by atoms with E-state index in [9.17, 15) is 9.59 Å². The fourth-order valence-electron chi connectivity index (χ4n) is 3.94. The van der Waals surface area contributed by atoms with Crippen LogP contribution in [-0.2, 0) is 24.3 Å². The average Bonchev–Trinajstić information content (AvgIpc) is 3.33. The fraction of sp³-hybridized carbons (Fsp3) is 0.269. The summed E-state index contributed by atoms with van der Waals surface area (Å²) in [6.45, 7) is 4.22. The maximum Gasteiger partial charge on any atom is 0.261 e. The Morgan fingerprint density at radius 2 is 1.88 bits per heavy atom. The molecular formula is C26H27N3O3S. The van der Waals surface area contributed by atoms with Crippen molar-refractivity contribution in [3.05, 3.63) is 92.7 Å². The van der Waals surface area contributed by atoms with Crippen molar-refractivity contribution in [2.24, 2.45) is 0 Å². The third kappa shape index (κ3) is 5.14. The molecule has 0 aliphatic rings. The Labute approximate surface area is 197 Å². The minimum atomic E-state index is -0.193. The van der Waals surface area contributed by atoms with Crippen LogP contribution in [0.25, 0.3) is 10.9 Å². The van der Waals surface area contributed by atoms with E-state index >= 15 is 0 Å². The normalized spacial score (nSPS) is 12.0. The zero-order chi connectivity index (χ0) is 23.4. The highest BCUT2D eigenvalue weighted by Crippen LogP contribution is 2.19. The molecule has 0 saturated heterocycles. The van der Waals surface area contributed by atoms with Crippen molar-refractivity contribution in [2.75, 3.05) is 7.11 Å². The molecule has 0 aliphatic carbocycles. The molecule has 0 fully saturated rings. The molecule has 2 aromatic heterocycles. The van der Waals surface area contributed by atoms with Crippen LogP contribution in [-0.4, -0.2) is 33.5 Å². The van der Waals surface area contributed by atoms with Gasteiger partial charge in [-0.15, -0.1) is 11.3 Å². The third-order valence-electron chi connectivity index (χ3n) is 5.79. The number of nitrogens with zero attached hydrogens (tertiary/aromatic N) is 3. The predicted octanol–water partition coefficient (Wildman–Crippen LogP) is 4.44. The topological polar surface area (TPSA) is 64.4 Å². The quantitative estimate of drug-likeness (QED) is 0.389. The Kier molecular flexibility index (Phi) is 6.89. The van der Waals surface area contributed by atoms with Gasteiger partial charge >= 0.3 is 0 Å². The summed E-state index contributed by atoms with van der Waals surface area (Å²) in [5.41, 5.74) is 1.45. The van der Waals surface area contributed by atoms with Crippen molar-refractivity contribution >= 4 is 28.1 Å². The Balaban J connectivity index is 1.63. The van der Waals surface area contributed by atoms with E-state index in [2.05, 4.69) is 18.0 Å². The van der Waals surface area contributed by atoms with Gasteiger partial charge in [-0.25, -0.2) is 4.98 Å². The van der Waals surface area contributed by atoms with Crippen molar-refractivity contribution in [3.63, 3.8) is 0 Å². The second-order valence-corrected chi connectivity index (χ2v) is 9.10. The molecule has 0 N–H and O–H groups in total. The lowest BCUT2D eigenvalue weighted by Gasteiger charge is -2.30. The van der Waals surface area contributed by atoms with E-state index in [1.54, 1.807) is 31.4 Å². The van der Waals surface area contributed by atoms with E-state index in [1.807, 2.05) is 58.8 Å². The number of methoxy groups -OCH3 is 1. The summed E-state index contributed by atoms with van der Waals surface area (Å²) in [7, 11) is 1.63. The van der Waals surface area contributed by atoms with Crippen LogP contribution < -0.4 is 10.3 Å². The molecule has 33 heavy (non-hydrogen) atoms. The number of aryl methyl sites for hydroxylation is 1. The zero-order valence-corrected chi connectivity index (χ0v) is 19.8. The van der Waals surface area contributed by atoms with Gasteiger partial charge in [0.25, 0.3) is 5.56 Å². The highest BCUT2D eigenvalue weighted by molar-refractivity contribution is 7.09. The number of thiophene rings is 1. The highest BCUT2D eigenvalue weighted by atomic mass is 32.1. The Hall–Kier alpha value is -3.45. The highest BCUT2D eigenvalue weighted by Gasteiger charge is 2.23. The van der Waals surface area contributed by atoms with E-state index < -0.39 is 0 Å². The van der Waals surface area contributed by atoms with Gasteiger partial charge in [-0.3, -0.25) is 14.2 Å². The molecule has 4 rings (SSSR count). The standard InChI is InChI=1S/C26H27N3O3S/c1-18(15-22-7-6-14-33-22)28(16-20-10-12-21(32-3)13-11-20)25(30)17-29-19(2)27-24-9-5-4-8-23(24)26(29)31/h4-14,18H,15-17H2,1-3H3/t18-/m1/s1. The molecule has 0 spiro atoms. The molecule has 1 amide bonds. The van der Waals surface area contributed by atoms with E-state index in [0.717, 1.165) is 17.7 Å². The predicted molar refractivity (Wildman–Crippen MR) is 132 cm³/mol. The van der Waals surface area contributed by atoms with Crippen LogP contribution in [0.2, 0.25) is 0 Å². The molecular weight excluding hydrogens is 434 g/mol. The van der Waals surface area contributed by atoms with Crippen molar-refractivity contribution in [1.29, 1.82) is 0 Å². The molecule has 1 atom stereocenters. The van der Waals surface area contributed by atoms with Gasteiger partial charge in [0.1, 0.15) is 18.1 Å². The number of aromatic nitrogens is 2. The summed E-state index contributed by atoms with van der Waals surface area (Å²) in [6.07, 6.45) is 0.753. The Morgan fingerprint density at radius 3 is 2.58 bits per heavy atom. The van der Waals surface area contributed by atoms with Gasteiger partial charge in [-0.05, 0) is 55.1 Å². The van der Waals surface area contributed by atoms with Crippen LogP contribution in [0, 0.1) is 6.92 Å². The largest absolute Gasteiger partial charge is 0.497 e. The van der Waals surface area contributed by atoms with Crippen LogP contribution >= 0.6 is 11.3 Å². The lowest BCUT2D eigenvalue weighted by atomic mass is 10.1. The number of rotatable bonds is 8. The van der Waals surface area contributed by atoms with Gasteiger partial charge in [0.05, 0.1) is 18.0 Å². The van der Waals surface area contributed by atoms with Gasteiger partial charge in [0, 0.05) is 23.9 Å². The third-order valence-corrected chi connectivity index (χ3v) is 6.69. The van der Waals surface area contributed by atoms with Gasteiger partial charge in [0.2, 0.25) is 5.91 Å². The molecule has 2 heterocycles. The number of fused-ring (bicyclic) bond motifs is 1. The molecule has 0 unspecified atom stereocenters. The van der Waals surface area contributed by atoms with Gasteiger partial charge < -0.3 is 9.64 Å². The van der Waals surface area contributed by atoms with Crippen LogP contribution in [0.15, 0.2) is 70.8 Å². The number of ether oxygens (including phenoxy) is 1. The molecule has 170 valence electrons. The summed E-state index contributed by atoms with van der Waals surface area (Å²) in [5.74, 6) is 1.19. The minimum Gasteiger partial charge on any atom is -0.497 e. The zero-order valence-electron chi connectivity index (χ0n) is 19.0. The lowest BCUT2D eigenvalue weighted by Crippen LogP contribution is -2.43. The molecule has 0 saturated carbocycles. The number of carbonyl (C=O) groups is 1. The molecule has 0 radical (unpaired) electrons. The first-order valence-electron chi connectivity index (χ1n) is 10.9. The maximum absolute atomic E-state index is 13.6. The summed E-state index contributed by atoms with van der Waals surface area (Å²) >= 11 is 1.68. The Bertz CT molecular complexity index is 1300. The molecule has 6 nitrogen and oxygen atoms in total. The molecule has 0 aliphatic heterocycles. The molecule has 7 heteroatoms. The maximum atomic E-state index is 13.6. The molecule has 2 aromatic carbocycles. The minimum absolute atomic E-state index is 0.0392. The SMILES string of the molecule is COc1ccc(CN(C(=O)Cn2c(C)nc3ccccc3c2=O)[C@H](C)Cc2cccs2)cc1. The number of hydrogen-bond donors (Lipinski definition) is 0. The number of carbonyl (C=O) groups excluding carboxylic acids is 1. The number of amides is 1. The van der Waals surface area contributed by atoms with Crippen LogP contribution in [0.3, 0.4) is 0 Å². The van der Waals surface area contributed by atoms with Crippen LogP contribution in [0.1, 0.15) is 23.2 Å².